The van der Waals surface area contributed by atoms with Crippen LogP contribution in [0.5, 0.6) is 11.5 Å². The number of aromatic nitrogens is 2. The summed E-state index contributed by atoms with van der Waals surface area (Å²) >= 11 is 1.50. The van der Waals surface area contributed by atoms with Crippen molar-refractivity contribution in [2.24, 2.45) is 0 Å². The number of benzene rings is 2. The summed E-state index contributed by atoms with van der Waals surface area (Å²) in [6, 6.07) is 16.5. The third-order valence-corrected chi connectivity index (χ3v) is 7.30. The van der Waals surface area contributed by atoms with E-state index in [1.807, 2.05) is 45.9 Å². The van der Waals surface area contributed by atoms with Crippen LogP contribution in [-0.4, -0.2) is 23.9 Å². The van der Waals surface area contributed by atoms with Crippen LogP contribution >= 0.6 is 11.9 Å². The fourth-order valence-corrected chi connectivity index (χ4v) is 5.14. The second-order valence-corrected chi connectivity index (χ2v) is 10.1. The molecule has 2 aromatic carbocycles. The summed E-state index contributed by atoms with van der Waals surface area (Å²) in [5.74, 6) is 2.83. The van der Waals surface area contributed by atoms with E-state index >= 15 is 0 Å². The molecule has 0 fully saturated rings. The minimum Gasteiger partial charge on any atom is -0.491 e. The fraction of sp³-hybridized carbons (Fsp3) is 0.333. The molecule has 38 heavy (non-hydrogen) atoms. The number of hydrogen-bond acceptors (Lipinski definition) is 7. The number of methoxy groups -OCH3 is 1. The average molecular weight is 536 g/mol. The molecule has 0 bridgehead atoms. The Morgan fingerprint density at radius 2 is 1.82 bits per heavy atom. The third-order valence-electron chi connectivity index (χ3n) is 6.43. The lowest BCUT2D eigenvalue weighted by molar-refractivity contribution is 0.282. The highest BCUT2D eigenvalue weighted by Gasteiger charge is 2.15. The van der Waals surface area contributed by atoms with Gasteiger partial charge in [0.25, 0.3) is 0 Å². The molecule has 200 valence electrons. The van der Waals surface area contributed by atoms with Gasteiger partial charge >= 0.3 is 0 Å². The van der Waals surface area contributed by atoms with Crippen LogP contribution in [-0.2, 0) is 13.0 Å². The van der Waals surface area contributed by atoms with Gasteiger partial charge in [0.05, 0.1) is 19.5 Å². The predicted octanol–water partition coefficient (Wildman–Crippen LogP) is 7.97. The quantitative estimate of drug-likeness (QED) is 0.146. The van der Waals surface area contributed by atoms with Gasteiger partial charge in [0.15, 0.2) is 17.3 Å². The second kappa shape index (κ2) is 12.8. The van der Waals surface area contributed by atoms with Crippen LogP contribution in [0, 0.1) is 27.7 Å². The molecule has 0 saturated heterocycles. The first-order chi connectivity index (χ1) is 18.4. The van der Waals surface area contributed by atoms with Crippen molar-refractivity contribution in [2.75, 3.05) is 18.5 Å². The first-order valence-corrected chi connectivity index (χ1v) is 13.5. The standard InChI is InChI=1S/C30H34FN3O3S/c1-19-16-27(29(35-5)21(3)32-19)36-18-23-13-14-25(24(17-23)10-8-9-15-31)26-11-6-7-12-28(26)38-34-30-20(2)22(4)37-33-30/h6-7,11-14,16-17H,8-10,15,18H2,1-5H3,(H,33,34). The van der Waals surface area contributed by atoms with Gasteiger partial charge in [-0.3, -0.25) is 9.37 Å². The molecule has 8 heteroatoms. The van der Waals surface area contributed by atoms with Gasteiger partial charge in [-0.25, -0.2) is 0 Å². The van der Waals surface area contributed by atoms with Crippen LogP contribution in [0.2, 0.25) is 0 Å². The molecule has 0 spiro atoms. The number of rotatable bonds is 12. The van der Waals surface area contributed by atoms with Gasteiger partial charge in [-0.15, -0.1) is 0 Å². The van der Waals surface area contributed by atoms with Gasteiger partial charge < -0.3 is 18.7 Å². The molecule has 0 aliphatic carbocycles. The predicted molar refractivity (Wildman–Crippen MR) is 151 cm³/mol. The number of hydrogen-bond donors (Lipinski definition) is 1. The number of anilines is 1. The van der Waals surface area contributed by atoms with Gasteiger partial charge in [0.1, 0.15) is 12.4 Å². The molecule has 6 nitrogen and oxygen atoms in total. The van der Waals surface area contributed by atoms with Crippen LogP contribution in [0.3, 0.4) is 0 Å². The third kappa shape index (κ3) is 6.48. The summed E-state index contributed by atoms with van der Waals surface area (Å²) in [4.78, 5) is 5.52. The Hall–Kier alpha value is -3.52. The smallest absolute Gasteiger partial charge is 0.182 e. The first-order valence-electron chi connectivity index (χ1n) is 12.7. The SMILES string of the molecule is COc1c(OCc2ccc(-c3ccccc3SNc3noc(C)c3C)c(CCCCF)c2)cc(C)nc1C. The van der Waals surface area contributed by atoms with Crippen LogP contribution in [0.4, 0.5) is 10.2 Å². The number of nitrogens with one attached hydrogen (secondary N) is 1. The molecule has 0 radical (unpaired) electrons. The zero-order chi connectivity index (χ0) is 27.1. The maximum Gasteiger partial charge on any atom is 0.182 e. The highest BCUT2D eigenvalue weighted by Crippen LogP contribution is 2.36. The zero-order valence-corrected chi connectivity index (χ0v) is 23.4. The van der Waals surface area contributed by atoms with E-state index in [1.54, 1.807) is 7.11 Å². The Morgan fingerprint density at radius 3 is 2.55 bits per heavy atom. The highest BCUT2D eigenvalue weighted by molar-refractivity contribution is 8.00. The van der Waals surface area contributed by atoms with E-state index in [0.29, 0.717) is 24.5 Å². The van der Waals surface area contributed by atoms with E-state index in [4.69, 9.17) is 14.0 Å². The lowest BCUT2D eigenvalue weighted by Crippen LogP contribution is -2.03. The van der Waals surface area contributed by atoms with Gasteiger partial charge in [-0.1, -0.05) is 41.6 Å². The molecule has 0 atom stereocenters. The minimum atomic E-state index is -0.314. The minimum absolute atomic E-state index is 0.314. The number of halogens is 1. The normalized spacial score (nSPS) is 11.0. The topological polar surface area (TPSA) is 69.4 Å². The molecule has 0 aliphatic heterocycles. The molecule has 4 aromatic rings. The molecule has 0 saturated carbocycles. The molecule has 0 amide bonds. The van der Waals surface area contributed by atoms with E-state index in [9.17, 15) is 4.39 Å². The van der Waals surface area contributed by atoms with Gasteiger partial charge in [0, 0.05) is 22.2 Å². The molecular weight excluding hydrogens is 501 g/mol. The molecule has 2 heterocycles. The van der Waals surface area contributed by atoms with Crippen molar-refractivity contribution in [3.63, 3.8) is 0 Å². The van der Waals surface area contributed by atoms with Crippen molar-refractivity contribution in [3.8, 4) is 22.6 Å². The van der Waals surface area contributed by atoms with E-state index < -0.39 is 0 Å². The lowest BCUT2D eigenvalue weighted by Gasteiger charge is -2.17. The molecule has 0 aliphatic rings. The molecular formula is C30H34FN3O3S. The monoisotopic (exact) mass is 535 g/mol. The summed E-state index contributed by atoms with van der Waals surface area (Å²) in [7, 11) is 1.62. The zero-order valence-electron chi connectivity index (χ0n) is 22.6. The molecule has 2 aromatic heterocycles. The molecule has 1 N–H and O–H groups in total. The summed E-state index contributed by atoms with van der Waals surface area (Å²) < 4.78 is 33.2. The van der Waals surface area contributed by atoms with Crippen molar-refractivity contribution in [3.05, 3.63) is 82.4 Å². The molecule has 0 unspecified atom stereocenters. The van der Waals surface area contributed by atoms with Crippen molar-refractivity contribution in [1.29, 1.82) is 0 Å². The maximum absolute atomic E-state index is 12.9. The van der Waals surface area contributed by atoms with Crippen LogP contribution in [0.25, 0.3) is 11.1 Å². The number of pyridine rings is 1. The Balaban J connectivity index is 1.60. The summed E-state index contributed by atoms with van der Waals surface area (Å²) in [5, 5.41) is 4.11. The fourth-order valence-electron chi connectivity index (χ4n) is 4.31. The first kappa shape index (κ1) is 27.5. The van der Waals surface area contributed by atoms with E-state index in [1.165, 1.54) is 11.9 Å². The maximum atomic E-state index is 12.9. The number of alkyl halides is 1. The Labute approximate surface area is 228 Å². The Morgan fingerprint density at radius 1 is 1.00 bits per heavy atom. The number of unbranched alkanes of at least 4 members (excludes halogenated alkanes) is 1. The number of nitrogens with zero attached hydrogens (tertiary/aromatic N) is 2. The average Bonchev–Trinajstić information content (AvgIpc) is 3.23. The van der Waals surface area contributed by atoms with Crippen LogP contribution < -0.4 is 14.2 Å². The Bertz CT molecular complexity index is 1390. The van der Waals surface area contributed by atoms with E-state index in [0.717, 1.165) is 68.5 Å². The molecule has 4 rings (SSSR count). The van der Waals surface area contributed by atoms with Crippen molar-refractivity contribution < 1.29 is 18.4 Å². The summed E-state index contributed by atoms with van der Waals surface area (Å²) in [5.41, 5.74) is 7.08. The van der Waals surface area contributed by atoms with Crippen molar-refractivity contribution in [1.82, 2.24) is 10.1 Å². The summed E-state index contributed by atoms with van der Waals surface area (Å²) in [6.07, 6.45) is 2.09. The van der Waals surface area contributed by atoms with Gasteiger partial charge in [-0.05, 0) is 87.2 Å². The number of aryl methyl sites for hydroxylation is 4. The second-order valence-electron chi connectivity index (χ2n) is 9.22. The van der Waals surface area contributed by atoms with Crippen LogP contribution in [0.1, 0.15) is 46.7 Å². The summed E-state index contributed by atoms with van der Waals surface area (Å²) in [6.45, 7) is 7.80. The number of ether oxygens (including phenoxy) is 2. The van der Waals surface area contributed by atoms with Crippen molar-refractivity contribution in [2.45, 2.75) is 58.5 Å². The lowest BCUT2D eigenvalue weighted by atomic mass is 9.94. The largest absolute Gasteiger partial charge is 0.491 e. The van der Waals surface area contributed by atoms with E-state index in [2.05, 4.69) is 45.2 Å². The van der Waals surface area contributed by atoms with E-state index in [-0.39, 0.29) is 6.67 Å². The van der Waals surface area contributed by atoms with Crippen LogP contribution in [0.15, 0.2) is 57.9 Å². The van der Waals surface area contributed by atoms with Gasteiger partial charge in [-0.2, -0.15) is 0 Å². The Kier molecular flexibility index (Phi) is 9.29. The highest BCUT2D eigenvalue weighted by atomic mass is 32.2. The van der Waals surface area contributed by atoms with Crippen molar-refractivity contribution >= 4 is 17.8 Å². The van der Waals surface area contributed by atoms with Gasteiger partial charge in [0.2, 0.25) is 0 Å².